The Kier molecular flexibility index (Phi) is 2.85. The van der Waals surface area contributed by atoms with Crippen LogP contribution in [0.1, 0.15) is 18.9 Å². The van der Waals surface area contributed by atoms with Crippen molar-refractivity contribution in [2.45, 2.75) is 19.8 Å². The highest BCUT2D eigenvalue weighted by Gasteiger charge is 2.11. The summed E-state index contributed by atoms with van der Waals surface area (Å²) in [7, 11) is 1.88. The number of nitrogens with zero attached hydrogens (tertiary/aromatic N) is 4. The lowest BCUT2D eigenvalue weighted by Crippen LogP contribution is -2.02. The minimum absolute atomic E-state index is 0.565. The van der Waals surface area contributed by atoms with E-state index in [-0.39, 0.29) is 0 Å². The highest BCUT2D eigenvalue weighted by molar-refractivity contribution is 5.66. The van der Waals surface area contributed by atoms with Crippen LogP contribution >= 0.6 is 0 Å². The first-order valence-corrected chi connectivity index (χ1v) is 5.30. The summed E-state index contributed by atoms with van der Waals surface area (Å²) in [4.78, 5) is 8.33. The van der Waals surface area contributed by atoms with Gasteiger partial charge in [-0.25, -0.2) is 9.97 Å². The second-order valence-electron chi connectivity index (χ2n) is 3.74. The smallest absolute Gasteiger partial charge is 0.130 e. The SMILES string of the molecule is CCCc1c(N)ncnc1-c1cnn(C)c1. The number of aryl methyl sites for hydroxylation is 1. The molecule has 2 aromatic heterocycles. The number of anilines is 1. The molecule has 0 aliphatic rings. The summed E-state index contributed by atoms with van der Waals surface area (Å²) in [5, 5.41) is 4.14. The summed E-state index contributed by atoms with van der Waals surface area (Å²) in [5.41, 5.74) is 8.76. The average Bonchev–Trinajstić information content (AvgIpc) is 2.68. The normalized spacial score (nSPS) is 10.6. The van der Waals surface area contributed by atoms with Gasteiger partial charge in [0.05, 0.1) is 11.9 Å². The van der Waals surface area contributed by atoms with Gasteiger partial charge >= 0.3 is 0 Å². The Hall–Kier alpha value is -1.91. The first kappa shape index (κ1) is 10.6. The van der Waals surface area contributed by atoms with Crippen LogP contribution in [0.4, 0.5) is 5.82 Å². The van der Waals surface area contributed by atoms with Crippen LogP contribution in [-0.4, -0.2) is 19.7 Å². The summed E-state index contributed by atoms with van der Waals surface area (Å²) in [5.74, 6) is 0.565. The monoisotopic (exact) mass is 217 g/mol. The average molecular weight is 217 g/mol. The van der Waals surface area contributed by atoms with Gasteiger partial charge in [-0.3, -0.25) is 4.68 Å². The minimum Gasteiger partial charge on any atom is -0.383 e. The summed E-state index contributed by atoms with van der Waals surface area (Å²) in [6, 6.07) is 0. The zero-order valence-corrected chi connectivity index (χ0v) is 9.51. The molecular weight excluding hydrogens is 202 g/mol. The fourth-order valence-corrected chi connectivity index (χ4v) is 1.71. The van der Waals surface area contributed by atoms with Crippen LogP contribution in [0.3, 0.4) is 0 Å². The molecule has 0 spiro atoms. The van der Waals surface area contributed by atoms with Gasteiger partial charge in [0.25, 0.3) is 0 Å². The van der Waals surface area contributed by atoms with Crippen molar-refractivity contribution < 1.29 is 0 Å². The predicted octanol–water partition coefficient (Wildman–Crippen LogP) is 1.41. The molecule has 2 heterocycles. The van der Waals surface area contributed by atoms with E-state index in [1.165, 1.54) is 6.33 Å². The number of aromatic nitrogens is 4. The van der Waals surface area contributed by atoms with Gasteiger partial charge in [0.2, 0.25) is 0 Å². The number of nitrogens with two attached hydrogens (primary N) is 1. The fourth-order valence-electron chi connectivity index (χ4n) is 1.71. The molecule has 5 nitrogen and oxygen atoms in total. The highest BCUT2D eigenvalue weighted by Crippen LogP contribution is 2.24. The molecule has 2 aromatic rings. The quantitative estimate of drug-likeness (QED) is 0.844. The highest BCUT2D eigenvalue weighted by atomic mass is 15.2. The van der Waals surface area contributed by atoms with Crippen molar-refractivity contribution in [3.8, 4) is 11.3 Å². The molecule has 0 fully saturated rings. The van der Waals surface area contributed by atoms with Gasteiger partial charge in [-0.2, -0.15) is 5.10 Å². The van der Waals surface area contributed by atoms with Crippen molar-refractivity contribution in [3.63, 3.8) is 0 Å². The molecule has 0 radical (unpaired) electrons. The molecule has 0 atom stereocenters. The largest absolute Gasteiger partial charge is 0.383 e. The first-order chi connectivity index (χ1) is 7.72. The van der Waals surface area contributed by atoms with Crippen LogP contribution in [0.2, 0.25) is 0 Å². The summed E-state index contributed by atoms with van der Waals surface area (Å²) < 4.78 is 1.75. The van der Waals surface area contributed by atoms with E-state index in [1.807, 2.05) is 13.2 Å². The maximum Gasteiger partial charge on any atom is 0.130 e. The van der Waals surface area contributed by atoms with Crippen molar-refractivity contribution in [1.29, 1.82) is 0 Å². The van der Waals surface area contributed by atoms with Gasteiger partial charge in [0, 0.05) is 24.4 Å². The van der Waals surface area contributed by atoms with E-state index in [2.05, 4.69) is 22.0 Å². The summed E-state index contributed by atoms with van der Waals surface area (Å²) in [6.45, 7) is 2.11. The van der Waals surface area contributed by atoms with E-state index < -0.39 is 0 Å². The maximum absolute atomic E-state index is 5.87. The van der Waals surface area contributed by atoms with Gasteiger partial charge in [0.1, 0.15) is 12.1 Å². The molecule has 0 amide bonds. The minimum atomic E-state index is 0.565. The summed E-state index contributed by atoms with van der Waals surface area (Å²) in [6.07, 6.45) is 7.13. The Bertz CT molecular complexity index is 489. The third-order valence-corrected chi connectivity index (χ3v) is 2.46. The van der Waals surface area contributed by atoms with Gasteiger partial charge in [-0.15, -0.1) is 0 Å². The molecule has 0 aromatic carbocycles. The van der Waals surface area contributed by atoms with Crippen LogP contribution < -0.4 is 5.73 Å². The van der Waals surface area contributed by atoms with E-state index in [4.69, 9.17) is 5.73 Å². The van der Waals surface area contributed by atoms with Crippen LogP contribution in [0.15, 0.2) is 18.7 Å². The molecule has 2 rings (SSSR count). The fraction of sp³-hybridized carbons (Fsp3) is 0.364. The molecule has 0 bridgehead atoms. The lowest BCUT2D eigenvalue weighted by molar-refractivity contribution is 0.768. The van der Waals surface area contributed by atoms with Gasteiger partial charge in [-0.1, -0.05) is 13.3 Å². The second-order valence-corrected chi connectivity index (χ2v) is 3.74. The molecule has 0 unspecified atom stereocenters. The standard InChI is InChI=1S/C11H15N5/c1-3-4-9-10(13-7-14-11(9)12)8-5-15-16(2)6-8/h5-7H,3-4H2,1-2H3,(H2,12,13,14). The molecule has 0 aliphatic carbocycles. The zero-order valence-electron chi connectivity index (χ0n) is 9.51. The molecule has 5 heteroatoms. The molecule has 0 aliphatic heterocycles. The Morgan fingerprint density at radius 3 is 2.81 bits per heavy atom. The van der Waals surface area contributed by atoms with Crippen molar-refractivity contribution in [2.24, 2.45) is 7.05 Å². The number of rotatable bonds is 3. The van der Waals surface area contributed by atoms with Crippen molar-refractivity contribution in [2.75, 3.05) is 5.73 Å². The van der Waals surface area contributed by atoms with Crippen LogP contribution in [0.5, 0.6) is 0 Å². The predicted molar refractivity (Wildman–Crippen MR) is 62.6 cm³/mol. The number of nitrogen functional groups attached to an aromatic ring is 1. The molecule has 84 valence electrons. The van der Waals surface area contributed by atoms with Crippen LogP contribution in [-0.2, 0) is 13.5 Å². The number of hydrogen-bond donors (Lipinski definition) is 1. The Morgan fingerprint density at radius 2 is 2.19 bits per heavy atom. The van der Waals surface area contributed by atoms with Crippen molar-refractivity contribution in [3.05, 3.63) is 24.3 Å². The van der Waals surface area contributed by atoms with Crippen LogP contribution in [0.25, 0.3) is 11.3 Å². The van der Waals surface area contributed by atoms with Crippen molar-refractivity contribution >= 4 is 5.82 Å². The summed E-state index contributed by atoms with van der Waals surface area (Å²) >= 11 is 0. The Morgan fingerprint density at radius 1 is 1.38 bits per heavy atom. The lowest BCUT2D eigenvalue weighted by Gasteiger charge is -2.07. The van der Waals surface area contributed by atoms with E-state index in [0.717, 1.165) is 29.7 Å². The molecule has 16 heavy (non-hydrogen) atoms. The zero-order chi connectivity index (χ0) is 11.5. The third-order valence-electron chi connectivity index (χ3n) is 2.46. The molecule has 0 saturated heterocycles. The van der Waals surface area contributed by atoms with Gasteiger partial charge < -0.3 is 5.73 Å². The van der Waals surface area contributed by atoms with Gasteiger partial charge in [0.15, 0.2) is 0 Å². The first-order valence-electron chi connectivity index (χ1n) is 5.30. The third kappa shape index (κ3) is 1.88. The van der Waals surface area contributed by atoms with Crippen molar-refractivity contribution in [1.82, 2.24) is 19.7 Å². The molecule has 0 saturated carbocycles. The van der Waals surface area contributed by atoms with E-state index >= 15 is 0 Å². The van der Waals surface area contributed by atoms with Crippen LogP contribution in [0, 0.1) is 0 Å². The number of hydrogen-bond acceptors (Lipinski definition) is 4. The van der Waals surface area contributed by atoms with E-state index in [0.29, 0.717) is 5.82 Å². The topological polar surface area (TPSA) is 69.6 Å². The van der Waals surface area contributed by atoms with E-state index in [9.17, 15) is 0 Å². The maximum atomic E-state index is 5.87. The molecular formula is C11H15N5. The second kappa shape index (κ2) is 4.30. The lowest BCUT2D eigenvalue weighted by atomic mass is 10.1. The molecule has 2 N–H and O–H groups in total. The van der Waals surface area contributed by atoms with Gasteiger partial charge in [-0.05, 0) is 6.42 Å². The Balaban J connectivity index is 2.51. The Labute approximate surface area is 94.3 Å². The van der Waals surface area contributed by atoms with E-state index in [1.54, 1.807) is 10.9 Å².